The molecule has 1 aromatic carbocycles. The van der Waals surface area contributed by atoms with Gasteiger partial charge in [-0.25, -0.2) is 0 Å². The van der Waals surface area contributed by atoms with Crippen molar-refractivity contribution in [3.63, 3.8) is 0 Å². The third-order valence-electron chi connectivity index (χ3n) is 5.66. The van der Waals surface area contributed by atoms with Gasteiger partial charge in [0.1, 0.15) is 0 Å². The van der Waals surface area contributed by atoms with Gasteiger partial charge in [-0.3, -0.25) is 9.48 Å². The minimum atomic E-state index is -0.0562. The molecule has 2 saturated heterocycles. The first-order valence-electron chi connectivity index (χ1n) is 9.84. The average molecular weight is 405 g/mol. The normalized spacial score (nSPS) is 24.1. The van der Waals surface area contributed by atoms with E-state index in [1.807, 2.05) is 47.2 Å². The predicted octanol–water partition coefficient (Wildman–Crippen LogP) is 2.35. The van der Waals surface area contributed by atoms with Crippen molar-refractivity contribution >= 4 is 18.3 Å². The van der Waals surface area contributed by atoms with E-state index in [1.165, 1.54) is 0 Å². The Morgan fingerprint density at radius 2 is 2.14 bits per heavy atom. The van der Waals surface area contributed by atoms with Crippen LogP contribution in [-0.4, -0.2) is 52.9 Å². The highest BCUT2D eigenvalue weighted by Crippen LogP contribution is 2.30. The molecule has 4 rings (SSSR count). The maximum atomic E-state index is 13.5. The fraction of sp³-hybridized carbons (Fsp3) is 0.524. The van der Waals surface area contributed by atoms with Gasteiger partial charge in [0.05, 0.1) is 18.2 Å². The summed E-state index contributed by atoms with van der Waals surface area (Å²) in [6.07, 6.45) is 6.19. The highest BCUT2D eigenvalue weighted by Gasteiger charge is 2.38. The van der Waals surface area contributed by atoms with Crippen molar-refractivity contribution in [1.82, 2.24) is 20.0 Å². The average Bonchev–Trinajstić information content (AvgIpc) is 3.43. The fourth-order valence-electron chi connectivity index (χ4n) is 4.22. The number of nitrogens with one attached hydrogen (secondary N) is 1. The first-order valence-corrected chi connectivity index (χ1v) is 9.84. The number of hydrogen-bond acceptors (Lipinski definition) is 4. The van der Waals surface area contributed by atoms with Gasteiger partial charge in [-0.2, -0.15) is 5.10 Å². The zero-order valence-corrected chi connectivity index (χ0v) is 17.1. The maximum Gasteiger partial charge on any atom is 0.228 e. The molecule has 1 N–H and O–H groups in total. The molecule has 152 valence electrons. The van der Waals surface area contributed by atoms with Gasteiger partial charge in [0.25, 0.3) is 0 Å². The van der Waals surface area contributed by atoms with E-state index in [4.69, 9.17) is 4.74 Å². The Balaban J connectivity index is 0.00000225. The molecule has 2 aromatic rings. The minimum Gasteiger partial charge on any atom is -0.376 e. The summed E-state index contributed by atoms with van der Waals surface area (Å²) in [5.41, 5.74) is 2.30. The summed E-state index contributed by atoms with van der Waals surface area (Å²) >= 11 is 0. The topological polar surface area (TPSA) is 59.4 Å². The molecule has 2 aliphatic rings. The van der Waals surface area contributed by atoms with Crippen LogP contribution in [0.15, 0.2) is 42.7 Å². The molecule has 0 bridgehead atoms. The monoisotopic (exact) mass is 404 g/mol. The molecule has 1 unspecified atom stereocenters. The summed E-state index contributed by atoms with van der Waals surface area (Å²) < 4.78 is 7.63. The summed E-state index contributed by atoms with van der Waals surface area (Å²) in [6, 6.07) is 10.2. The van der Waals surface area contributed by atoms with Crippen LogP contribution in [-0.2, 0) is 23.1 Å². The number of amides is 1. The molecule has 0 radical (unpaired) electrons. The largest absolute Gasteiger partial charge is 0.376 e. The van der Waals surface area contributed by atoms with Crippen molar-refractivity contribution in [3.8, 4) is 0 Å². The van der Waals surface area contributed by atoms with Crippen LogP contribution in [0.2, 0.25) is 0 Å². The number of aromatic nitrogens is 2. The van der Waals surface area contributed by atoms with Crippen LogP contribution in [0.4, 0.5) is 0 Å². The lowest BCUT2D eigenvalue weighted by molar-refractivity contribution is -0.137. The number of aryl methyl sites for hydroxylation is 1. The molecule has 3 atom stereocenters. The van der Waals surface area contributed by atoms with Crippen molar-refractivity contribution in [1.29, 1.82) is 0 Å². The van der Waals surface area contributed by atoms with Crippen molar-refractivity contribution in [2.75, 3.05) is 26.2 Å². The summed E-state index contributed by atoms with van der Waals surface area (Å²) in [4.78, 5) is 15.5. The third-order valence-corrected chi connectivity index (χ3v) is 5.66. The van der Waals surface area contributed by atoms with Crippen LogP contribution in [0.1, 0.15) is 29.9 Å². The Morgan fingerprint density at radius 3 is 2.82 bits per heavy atom. The van der Waals surface area contributed by atoms with Gasteiger partial charge in [-0.05, 0) is 24.0 Å². The summed E-state index contributed by atoms with van der Waals surface area (Å²) in [5, 5.41) is 7.70. The van der Waals surface area contributed by atoms with Gasteiger partial charge in [0.15, 0.2) is 0 Å². The maximum absolute atomic E-state index is 13.5. The highest BCUT2D eigenvalue weighted by molar-refractivity contribution is 5.85. The number of halogens is 1. The summed E-state index contributed by atoms with van der Waals surface area (Å²) in [6.45, 7) is 3.65. The molecule has 0 saturated carbocycles. The van der Waals surface area contributed by atoms with Crippen LogP contribution < -0.4 is 5.32 Å². The first-order chi connectivity index (χ1) is 13.2. The van der Waals surface area contributed by atoms with Crippen molar-refractivity contribution in [2.24, 2.45) is 13.0 Å². The smallest absolute Gasteiger partial charge is 0.228 e. The number of carbonyl (C=O) groups is 1. The van der Waals surface area contributed by atoms with E-state index in [-0.39, 0.29) is 36.3 Å². The number of nitrogens with zero attached hydrogens (tertiary/aromatic N) is 3. The number of hydrogen-bond donors (Lipinski definition) is 1. The van der Waals surface area contributed by atoms with Crippen LogP contribution in [0.5, 0.6) is 0 Å². The molecule has 1 aromatic heterocycles. The lowest BCUT2D eigenvalue weighted by Crippen LogP contribution is -2.42. The molecular formula is C21H29ClN4O2. The quantitative estimate of drug-likeness (QED) is 0.802. The molecule has 0 spiro atoms. The van der Waals surface area contributed by atoms with Crippen molar-refractivity contribution in [3.05, 3.63) is 53.9 Å². The second-order valence-corrected chi connectivity index (χ2v) is 7.66. The molecule has 6 nitrogen and oxygen atoms in total. The number of benzene rings is 1. The van der Waals surface area contributed by atoms with Crippen LogP contribution in [0.25, 0.3) is 0 Å². The molecule has 2 aliphatic heterocycles. The Kier molecular flexibility index (Phi) is 7.10. The molecule has 7 heteroatoms. The van der Waals surface area contributed by atoms with Gasteiger partial charge in [-0.15, -0.1) is 12.4 Å². The van der Waals surface area contributed by atoms with Crippen molar-refractivity contribution < 1.29 is 9.53 Å². The molecule has 28 heavy (non-hydrogen) atoms. The molecule has 3 heterocycles. The first kappa shape index (κ1) is 20.8. The number of rotatable bonds is 6. The van der Waals surface area contributed by atoms with E-state index in [2.05, 4.69) is 22.5 Å². The van der Waals surface area contributed by atoms with E-state index >= 15 is 0 Å². The summed E-state index contributed by atoms with van der Waals surface area (Å²) in [7, 11) is 1.92. The second-order valence-electron chi connectivity index (χ2n) is 7.66. The molecule has 0 aliphatic carbocycles. The number of ether oxygens (including phenoxy) is 1. The van der Waals surface area contributed by atoms with E-state index in [0.29, 0.717) is 13.1 Å². The van der Waals surface area contributed by atoms with Crippen LogP contribution in [0, 0.1) is 5.92 Å². The van der Waals surface area contributed by atoms with Gasteiger partial charge in [0, 0.05) is 51.9 Å². The van der Waals surface area contributed by atoms with Gasteiger partial charge < -0.3 is 15.0 Å². The number of carbonyl (C=O) groups excluding carboxylic acids is 1. The predicted molar refractivity (Wildman–Crippen MR) is 110 cm³/mol. The molecule has 1 amide bonds. The van der Waals surface area contributed by atoms with Crippen molar-refractivity contribution in [2.45, 2.75) is 31.4 Å². The van der Waals surface area contributed by atoms with Crippen LogP contribution in [0.3, 0.4) is 0 Å². The van der Waals surface area contributed by atoms with Crippen LogP contribution >= 0.6 is 12.4 Å². The third kappa shape index (κ3) is 4.74. The zero-order chi connectivity index (χ0) is 18.6. The highest BCUT2D eigenvalue weighted by atomic mass is 35.5. The molecular weight excluding hydrogens is 376 g/mol. The van der Waals surface area contributed by atoms with E-state index < -0.39 is 0 Å². The van der Waals surface area contributed by atoms with Gasteiger partial charge in [0.2, 0.25) is 5.91 Å². The van der Waals surface area contributed by atoms with Gasteiger partial charge >= 0.3 is 0 Å². The SMILES string of the molecule is Cl.Cn1cc([C@H]2CNC[C@@H]2C(=O)N(Cc2ccccc2)CC2CCCO2)cn1. The van der Waals surface area contributed by atoms with E-state index in [1.54, 1.807) is 0 Å². The Bertz CT molecular complexity index is 761. The Labute approximate surface area is 172 Å². The lowest BCUT2D eigenvalue weighted by atomic mass is 9.89. The summed E-state index contributed by atoms with van der Waals surface area (Å²) in [5.74, 6) is 0.335. The minimum absolute atomic E-state index is 0. The second kappa shape index (κ2) is 9.54. The van der Waals surface area contributed by atoms with Gasteiger partial charge in [-0.1, -0.05) is 30.3 Å². The van der Waals surface area contributed by atoms with E-state index in [9.17, 15) is 4.79 Å². The fourth-order valence-corrected chi connectivity index (χ4v) is 4.22. The van der Waals surface area contributed by atoms with E-state index in [0.717, 1.165) is 43.7 Å². The Hall–Kier alpha value is -1.89. The lowest BCUT2D eigenvalue weighted by Gasteiger charge is -2.30. The molecule has 2 fully saturated rings. The Morgan fingerprint density at radius 1 is 1.32 bits per heavy atom. The zero-order valence-electron chi connectivity index (χ0n) is 16.3. The standard InChI is InChI=1S/C21H28N4O2.ClH/c1-24-14-17(10-23-24)19-11-22-12-20(19)21(26)25(15-18-8-5-9-27-18)13-16-6-3-2-4-7-16;/h2-4,6-7,10,14,18-20,22H,5,8-9,11-13,15H2,1H3;1H/t18?,19-,20+;/m1./s1.